The van der Waals surface area contributed by atoms with Crippen LogP contribution in [-0.4, -0.2) is 29.9 Å². The average molecular weight is 274 g/mol. The number of hydrogen-bond donors (Lipinski definition) is 1. The van der Waals surface area contributed by atoms with Crippen molar-refractivity contribution >= 4 is 5.91 Å². The van der Waals surface area contributed by atoms with E-state index in [2.05, 4.69) is 32.9 Å². The topological polar surface area (TPSA) is 46.3 Å². The molecule has 2 atom stereocenters. The van der Waals surface area contributed by atoms with Gasteiger partial charge in [-0.1, -0.05) is 57.5 Å². The van der Waals surface area contributed by atoms with Crippen LogP contribution in [0.25, 0.3) is 0 Å². The van der Waals surface area contributed by atoms with Gasteiger partial charge in [0.2, 0.25) is 5.91 Å². The molecule has 0 radical (unpaired) electrons. The SMILES string of the molecule is CCC(C)(C)CC(=O)N1C[C@@H](N)[C@H](c2ccccc2)C1. The smallest absolute Gasteiger partial charge is 0.223 e. The van der Waals surface area contributed by atoms with Crippen molar-refractivity contribution in [1.82, 2.24) is 4.90 Å². The minimum absolute atomic E-state index is 0.0473. The number of benzene rings is 1. The molecule has 3 heteroatoms. The Balaban J connectivity index is 2.02. The molecule has 0 spiro atoms. The molecule has 110 valence electrons. The van der Waals surface area contributed by atoms with Crippen LogP contribution < -0.4 is 5.73 Å². The van der Waals surface area contributed by atoms with E-state index in [1.54, 1.807) is 0 Å². The molecule has 1 heterocycles. The van der Waals surface area contributed by atoms with E-state index in [0.717, 1.165) is 13.0 Å². The van der Waals surface area contributed by atoms with E-state index in [4.69, 9.17) is 5.73 Å². The summed E-state index contributed by atoms with van der Waals surface area (Å²) in [5, 5.41) is 0. The molecule has 20 heavy (non-hydrogen) atoms. The molecule has 1 fully saturated rings. The second kappa shape index (κ2) is 5.96. The highest BCUT2D eigenvalue weighted by molar-refractivity contribution is 5.77. The Bertz CT molecular complexity index is 455. The summed E-state index contributed by atoms with van der Waals surface area (Å²) in [6, 6.07) is 10.3. The van der Waals surface area contributed by atoms with Crippen LogP contribution in [0.5, 0.6) is 0 Å². The number of hydrogen-bond acceptors (Lipinski definition) is 2. The molecule has 0 bridgehead atoms. The summed E-state index contributed by atoms with van der Waals surface area (Å²) in [5.74, 6) is 0.510. The van der Waals surface area contributed by atoms with Gasteiger partial charge in [-0.2, -0.15) is 0 Å². The third-order valence-electron chi connectivity index (χ3n) is 4.53. The van der Waals surface area contributed by atoms with Gasteiger partial charge in [-0.3, -0.25) is 4.79 Å². The van der Waals surface area contributed by atoms with Crippen LogP contribution >= 0.6 is 0 Å². The Kier molecular flexibility index (Phi) is 4.48. The van der Waals surface area contributed by atoms with Gasteiger partial charge in [0.15, 0.2) is 0 Å². The highest BCUT2D eigenvalue weighted by Crippen LogP contribution is 2.30. The molecule has 1 aromatic carbocycles. The highest BCUT2D eigenvalue weighted by Gasteiger charge is 2.35. The Labute approximate surface area is 122 Å². The van der Waals surface area contributed by atoms with Gasteiger partial charge in [-0.05, 0) is 11.0 Å². The molecule has 1 aliphatic heterocycles. The molecule has 3 nitrogen and oxygen atoms in total. The van der Waals surface area contributed by atoms with Gasteiger partial charge in [-0.25, -0.2) is 0 Å². The standard InChI is InChI=1S/C17H26N2O/c1-4-17(2,3)10-16(20)19-11-14(15(18)12-19)13-8-6-5-7-9-13/h5-9,14-15H,4,10-12,18H2,1-3H3/t14-,15+/m0/s1. The number of carbonyl (C=O) groups excluding carboxylic acids is 1. The third kappa shape index (κ3) is 3.40. The van der Waals surface area contributed by atoms with E-state index >= 15 is 0 Å². The van der Waals surface area contributed by atoms with Crippen molar-refractivity contribution in [2.45, 2.75) is 45.6 Å². The van der Waals surface area contributed by atoms with E-state index in [-0.39, 0.29) is 23.3 Å². The van der Waals surface area contributed by atoms with Gasteiger partial charge in [0.05, 0.1) is 0 Å². The number of rotatable bonds is 4. The van der Waals surface area contributed by atoms with Gasteiger partial charge in [0, 0.05) is 31.5 Å². The first-order valence-electron chi connectivity index (χ1n) is 7.51. The first kappa shape index (κ1) is 15.0. The van der Waals surface area contributed by atoms with Crippen molar-refractivity contribution in [1.29, 1.82) is 0 Å². The molecule has 1 saturated heterocycles. The lowest BCUT2D eigenvalue weighted by molar-refractivity contribution is -0.132. The molecule has 1 aliphatic rings. The van der Waals surface area contributed by atoms with Crippen molar-refractivity contribution < 1.29 is 4.79 Å². The Morgan fingerprint density at radius 1 is 1.30 bits per heavy atom. The maximum Gasteiger partial charge on any atom is 0.223 e. The minimum atomic E-state index is 0.0473. The molecule has 0 saturated carbocycles. The summed E-state index contributed by atoms with van der Waals surface area (Å²) in [6.45, 7) is 7.86. The Morgan fingerprint density at radius 2 is 1.95 bits per heavy atom. The fraction of sp³-hybridized carbons (Fsp3) is 0.588. The number of amides is 1. The molecule has 1 aromatic rings. The van der Waals surface area contributed by atoms with E-state index in [1.165, 1.54) is 5.56 Å². The maximum atomic E-state index is 12.4. The van der Waals surface area contributed by atoms with Crippen LogP contribution in [-0.2, 0) is 4.79 Å². The maximum absolute atomic E-state index is 12.4. The largest absolute Gasteiger partial charge is 0.340 e. The number of nitrogens with two attached hydrogens (primary N) is 1. The molecule has 0 aliphatic carbocycles. The molecule has 2 rings (SSSR count). The van der Waals surface area contributed by atoms with Crippen molar-refractivity contribution in [3.8, 4) is 0 Å². The highest BCUT2D eigenvalue weighted by atomic mass is 16.2. The summed E-state index contributed by atoms with van der Waals surface area (Å²) in [6.07, 6.45) is 1.62. The van der Waals surface area contributed by atoms with E-state index in [9.17, 15) is 4.79 Å². The Hall–Kier alpha value is -1.35. The molecule has 1 amide bonds. The van der Waals surface area contributed by atoms with Crippen molar-refractivity contribution in [3.63, 3.8) is 0 Å². The van der Waals surface area contributed by atoms with Crippen LogP contribution in [0.3, 0.4) is 0 Å². The fourth-order valence-corrected chi connectivity index (χ4v) is 2.73. The van der Waals surface area contributed by atoms with Crippen LogP contribution in [0.15, 0.2) is 30.3 Å². The quantitative estimate of drug-likeness (QED) is 0.917. The number of likely N-dealkylation sites (tertiary alicyclic amines) is 1. The van der Waals surface area contributed by atoms with E-state index < -0.39 is 0 Å². The monoisotopic (exact) mass is 274 g/mol. The lowest BCUT2D eigenvalue weighted by Gasteiger charge is -2.25. The van der Waals surface area contributed by atoms with Crippen molar-refractivity contribution in [2.75, 3.05) is 13.1 Å². The summed E-state index contributed by atoms with van der Waals surface area (Å²) in [4.78, 5) is 14.4. The van der Waals surface area contributed by atoms with Crippen LogP contribution in [0, 0.1) is 5.41 Å². The zero-order valence-corrected chi connectivity index (χ0v) is 12.8. The molecular weight excluding hydrogens is 248 g/mol. The van der Waals surface area contributed by atoms with Crippen LogP contribution in [0.4, 0.5) is 0 Å². The molecule has 0 unspecified atom stereocenters. The second-order valence-electron chi connectivity index (χ2n) is 6.67. The first-order chi connectivity index (χ1) is 9.43. The molecule has 0 aromatic heterocycles. The average Bonchev–Trinajstić information content (AvgIpc) is 2.81. The van der Waals surface area contributed by atoms with Gasteiger partial charge >= 0.3 is 0 Å². The lowest BCUT2D eigenvalue weighted by Crippen LogP contribution is -2.34. The zero-order valence-electron chi connectivity index (χ0n) is 12.8. The normalized spacial score (nSPS) is 23.1. The summed E-state index contributed by atoms with van der Waals surface area (Å²) in [7, 11) is 0. The van der Waals surface area contributed by atoms with Gasteiger partial charge < -0.3 is 10.6 Å². The van der Waals surface area contributed by atoms with Gasteiger partial charge in [0.1, 0.15) is 0 Å². The zero-order chi connectivity index (χ0) is 14.8. The number of nitrogens with zero attached hydrogens (tertiary/aromatic N) is 1. The summed E-state index contributed by atoms with van der Waals surface area (Å²) in [5.41, 5.74) is 7.56. The molecule has 2 N–H and O–H groups in total. The van der Waals surface area contributed by atoms with Gasteiger partial charge in [-0.15, -0.1) is 0 Å². The third-order valence-corrected chi connectivity index (χ3v) is 4.53. The Morgan fingerprint density at radius 3 is 2.55 bits per heavy atom. The predicted octanol–water partition coefficient (Wildman–Crippen LogP) is 2.77. The fourth-order valence-electron chi connectivity index (χ4n) is 2.73. The summed E-state index contributed by atoms with van der Waals surface area (Å²) >= 11 is 0. The van der Waals surface area contributed by atoms with Crippen LogP contribution in [0.2, 0.25) is 0 Å². The number of carbonyl (C=O) groups is 1. The minimum Gasteiger partial charge on any atom is -0.340 e. The van der Waals surface area contributed by atoms with E-state index in [0.29, 0.717) is 13.0 Å². The second-order valence-corrected chi connectivity index (χ2v) is 6.67. The first-order valence-corrected chi connectivity index (χ1v) is 7.51. The van der Waals surface area contributed by atoms with Crippen LogP contribution in [0.1, 0.15) is 45.1 Å². The lowest BCUT2D eigenvalue weighted by atomic mass is 9.86. The van der Waals surface area contributed by atoms with Crippen molar-refractivity contribution in [3.05, 3.63) is 35.9 Å². The van der Waals surface area contributed by atoms with Gasteiger partial charge in [0.25, 0.3) is 0 Å². The van der Waals surface area contributed by atoms with Crippen molar-refractivity contribution in [2.24, 2.45) is 11.1 Å². The predicted molar refractivity (Wildman–Crippen MR) is 82.4 cm³/mol. The van der Waals surface area contributed by atoms with E-state index in [1.807, 2.05) is 23.1 Å². The summed E-state index contributed by atoms with van der Waals surface area (Å²) < 4.78 is 0. The molecular formula is C17H26N2O.